The van der Waals surface area contributed by atoms with E-state index in [0.29, 0.717) is 8.35 Å². The molecule has 0 bridgehead atoms. The van der Waals surface area contributed by atoms with E-state index in [4.69, 9.17) is 5.73 Å². The maximum Gasteiger partial charge on any atom is 0.0316 e. The van der Waals surface area contributed by atoms with Gasteiger partial charge in [0, 0.05) is 11.5 Å². The largest absolute Gasteiger partial charge is 0.405 e. The van der Waals surface area contributed by atoms with E-state index in [1.807, 2.05) is 12.1 Å². The van der Waals surface area contributed by atoms with E-state index in [-0.39, 0.29) is 0 Å². The highest BCUT2D eigenvalue weighted by atomic mass is 31.0. The molecule has 0 saturated carbocycles. The van der Waals surface area contributed by atoms with E-state index in [1.165, 1.54) is 11.5 Å². The highest BCUT2D eigenvalue weighted by molar-refractivity contribution is 7.27. The van der Waals surface area contributed by atoms with Crippen LogP contribution in [0.4, 0.5) is 0 Å². The van der Waals surface area contributed by atoms with Crippen molar-refractivity contribution in [1.29, 1.82) is 0 Å². The summed E-state index contributed by atoms with van der Waals surface area (Å²) in [4.78, 5) is 0. The van der Waals surface area contributed by atoms with Gasteiger partial charge in [0.1, 0.15) is 0 Å². The fourth-order valence-electron chi connectivity index (χ4n) is 0.463. The third-order valence-corrected chi connectivity index (χ3v) is 1.67. The molecule has 0 radical (unpaired) electrons. The molecule has 0 aliphatic carbocycles. The third-order valence-electron chi connectivity index (χ3n) is 0.798. The van der Waals surface area contributed by atoms with Gasteiger partial charge in [-0.05, 0) is 26.7 Å². The Kier molecular flexibility index (Phi) is 1.70. The van der Waals surface area contributed by atoms with Crippen molar-refractivity contribution in [1.82, 2.24) is 4.75 Å². The monoisotopic (exact) mass is 126 g/mol. The van der Waals surface area contributed by atoms with Crippen molar-refractivity contribution < 1.29 is 0 Å². The van der Waals surface area contributed by atoms with Gasteiger partial charge < -0.3 is 5.73 Å². The molecule has 42 valence electrons. The van der Waals surface area contributed by atoms with E-state index in [1.54, 1.807) is 6.20 Å². The van der Waals surface area contributed by atoms with Crippen LogP contribution in [0.5, 0.6) is 0 Å². The van der Waals surface area contributed by atoms with Gasteiger partial charge in [0.25, 0.3) is 0 Å². The van der Waals surface area contributed by atoms with Gasteiger partial charge in [0.15, 0.2) is 0 Å². The lowest BCUT2D eigenvalue weighted by Gasteiger charge is -1.74. The van der Waals surface area contributed by atoms with Crippen molar-refractivity contribution in [3.8, 4) is 0 Å². The molecule has 0 saturated heterocycles. The van der Waals surface area contributed by atoms with E-state index in [2.05, 4.69) is 4.75 Å². The van der Waals surface area contributed by atoms with Gasteiger partial charge in [0.05, 0.1) is 0 Å². The minimum Gasteiger partial charge on any atom is -0.405 e. The number of hydrogen-bond acceptors (Lipinski definition) is 2. The molecule has 0 aliphatic heterocycles. The van der Waals surface area contributed by atoms with Gasteiger partial charge in [-0.15, -0.1) is 0 Å². The zero-order valence-corrected chi connectivity index (χ0v) is 5.33. The molecular formula is C5H7N2P. The molecular weight excluding hydrogens is 119 g/mol. The predicted molar refractivity (Wildman–Crippen MR) is 37.0 cm³/mol. The quantitative estimate of drug-likeness (QED) is 0.610. The molecule has 2 N–H and O–H groups in total. The van der Waals surface area contributed by atoms with Crippen LogP contribution in [0.2, 0.25) is 0 Å². The fourth-order valence-corrected chi connectivity index (χ4v) is 1.08. The number of nitrogens with zero attached hydrogens (tertiary/aromatic N) is 1. The summed E-state index contributed by atoms with van der Waals surface area (Å²) >= 11 is 0. The van der Waals surface area contributed by atoms with Crippen LogP contribution in [0, 0.1) is 0 Å². The van der Waals surface area contributed by atoms with Crippen LogP contribution < -0.4 is 5.73 Å². The first-order valence-electron chi connectivity index (χ1n) is 2.31. The number of nitrogens with two attached hydrogens (primary N) is 1. The molecule has 1 rings (SSSR count). The first-order valence-corrected chi connectivity index (χ1v) is 3.26. The lowest BCUT2D eigenvalue weighted by atomic mass is 10.5. The zero-order valence-electron chi connectivity index (χ0n) is 4.33. The molecule has 0 aromatic carbocycles. The van der Waals surface area contributed by atoms with Crippen molar-refractivity contribution in [3.05, 3.63) is 23.8 Å². The van der Waals surface area contributed by atoms with Gasteiger partial charge >= 0.3 is 0 Å². The maximum absolute atomic E-state index is 5.14. The second-order valence-corrected chi connectivity index (χ2v) is 2.43. The molecule has 1 heterocycles. The van der Waals surface area contributed by atoms with Crippen molar-refractivity contribution >= 4 is 14.4 Å². The standard InChI is InChI=1S/C5H7N2P/c6-3-1-5-2-4-7-8-5/h1-4,8H,6H2/b3-1+. The summed E-state index contributed by atoms with van der Waals surface area (Å²) in [6.07, 6.45) is 5.20. The molecule has 0 spiro atoms. The maximum atomic E-state index is 5.14. The van der Waals surface area contributed by atoms with Crippen LogP contribution in [0.15, 0.2) is 18.5 Å². The van der Waals surface area contributed by atoms with Crippen LogP contribution in [-0.4, -0.2) is 4.75 Å². The van der Waals surface area contributed by atoms with Crippen molar-refractivity contribution in [3.63, 3.8) is 0 Å². The summed E-state index contributed by atoms with van der Waals surface area (Å²) in [6, 6.07) is 1.96. The normalized spacial score (nSPS) is 11.5. The summed E-state index contributed by atoms with van der Waals surface area (Å²) in [6.45, 7) is 0. The van der Waals surface area contributed by atoms with Crippen molar-refractivity contribution in [2.24, 2.45) is 5.73 Å². The van der Waals surface area contributed by atoms with Gasteiger partial charge in [-0.1, -0.05) is 0 Å². The van der Waals surface area contributed by atoms with Crippen LogP contribution in [0.25, 0.3) is 6.08 Å². The number of rotatable bonds is 1. The first-order chi connectivity index (χ1) is 3.93. The Balaban J connectivity index is 2.77. The number of aromatic nitrogens is 1. The van der Waals surface area contributed by atoms with Gasteiger partial charge in [0.2, 0.25) is 0 Å². The van der Waals surface area contributed by atoms with Gasteiger partial charge in [-0.2, -0.15) is 0 Å². The Morgan fingerprint density at radius 2 is 2.62 bits per heavy atom. The lowest BCUT2D eigenvalue weighted by molar-refractivity contribution is 1.58. The SMILES string of the molecule is N/C=C/c1ccn[pH]1. The molecule has 0 aliphatic rings. The fraction of sp³-hybridized carbons (Fsp3) is 0. The highest BCUT2D eigenvalue weighted by Gasteiger charge is 1.80. The summed E-state index contributed by atoms with van der Waals surface area (Å²) in [7, 11) is 0.570. The Labute approximate surface area is 49.6 Å². The van der Waals surface area contributed by atoms with Crippen LogP contribution >= 0.6 is 8.35 Å². The van der Waals surface area contributed by atoms with E-state index in [0.717, 1.165) is 0 Å². The molecule has 1 atom stereocenters. The average molecular weight is 126 g/mol. The molecule has 1 aromatic rings. The summed E-state index contributed by atoms with van der Waals surface area (Å²) in [5.74, 6) is 0. The van der Waals surface area contributed by atoms with Crippen LogP contribution in [-0.2, 0) is 0 Å². The van der Waals surface area contributed by atoms with E-state index in [9.17, 15) is 0 Å². The minimum absolute atomic E-state index is 0.570. The summed E-state index contributed by atoms with van der Waals surface area (Å²) in [5.41, 5.74) is 5.14. The Hall–Kier alpha value is -0.750. The molecule has 3 heteroatoms. The first kappa shape index (κ1) is 5.39. The van der Waals surface area contributed by atoms with Crippen LogP contribution in [0.3, 0.4) is 0 Å². The zero-order chi connectivity index (χ0) is 5.82. The minimum atomic E-state index is 0.570. The Morgan fingerprint density at radius 1 is 1.75 bits per heavy atom. The predicted octanol–water partition coefficient (Wildman–Crippen LogP) is 1.04. The van der Waals surface area contributed by atoms with Crippen LogP contribution in [0.1, 0.15) is 5.30 Å². The van der Waals surface area contributed by atoms with Gasteiger partial charge in [-0.25, -0.2) is 4.75 Å². The molecule has 1 unspecified atom stereocenters. The lowest BCUT2D eigenvalue weighted by Crippen LogP contribution is -1.72. The second kappa shape index (κ2) is 2.53. The highest BCUT2D eigenvalue weighted by Crippen LogP contribution is 2.10. The van der Waals surface area contributed by atoms with Gasteiger partial charge in [-0.3, -0.25) is 0 Å². The molecule has 8 heavy (non-hydrogen) atoms. The van der Waals surface area contributed by atoms with Crippen molar-refractivity contribution in [2.45, 2.75) is 0 Å². The molecule has 0 fully saturated rings. The van der Waals surface area contributed by atoms with E-state index < -0.39 is 0 Å². The van der Waals surface area contributed by atoms with E-state index >= 15 is 0 Å². The summed E-state index contributed by atoms with van der Waals surface area (Å²) in [5, 5.41) is 1.20. The smallest absolute Gasteiger partial charge is 0.0316 e. The molecule has 2 nitrogen and oxygen atoms in total. The molecule has 0 amide bonds. The average Bonchev–Trinajstić information content (AvgIpc) is 2.19. The Bertz CT molecular complexity index is 167. The number of hydrogen-bond donors (Lipinski definition) is 1. The topological polar surface area (TPSA) is 38.9 Å². The molecule has 1 aromatic heterocycles. The Morgan fingerprint density at radius 3 is 3.12 bits per heavy atom. The summed E-state index contributed by atoms with van der Waals surface area (Å²) < 4.78 is 3.99. The third kappa shape index (κ3) is 1.11. The second-order valence-electron chi connectivity index (χ2n) is 1.37. The van der Waals surface area contributed by atoms with Crippen molar-refractivity contribution in [2.75, 3.05) is 0 Å².